The molecule has 6 nitrogen and oxygen atoms in total. The molecule has 1 aromatic carbocycles. The number of hydrogen-bond acceptors (Lipinski definition) is 4. The van der Waals surface area contributed by atoms with Crippen molar-refractivity contribution in [2.45, 2.75) is 25.8 Å². The summed E-state index contributed by atoms with van der Waals surface area (Å²) in [6.07, 6.45) is 3.52. The van der Waals surface area contributed by atoms with E-state index in [1.807, 2.05) is 13.0 Å². The summed E-state index contributed by atoms with van der Waals surface area (Å²) in [5.41, 5.74) is 3.12. The zero-order valence-electron chi connectivity index (χ0n) is 13.8. The summed E-state index contributed by atoms with van der Waals surface area (Å²) in [5.74, 6) is -0.120. The number of imidazole rings is 1. The topological polar surface area (TPSA) is 82.7 Å². The number of H-pyrrole nitrogens is 1. The minimum atomic E-state index is -0.409. The molecule has 4 rings (SSSR count). The zero-order valence-corrected chi connectivity index (χ0v) is 13.8. The Morgan fingerprint density at radius 3 is 3.04 bits per heavy atom. The van der Waals surface area contributed by atoms with Gasteiger partial charge in [-0.1, -0.05) is 0 Å². The molecule has 25 heavy (non-hydrogen) atoms. The van der Waals surface area contributed by atoms with E-state index in [-0.39, 0.29) is 11.9 Å². The highest BCUT2D eigenvalue weighted by Crippen LogP contribution is 2.26. The maximum Gasteiger partial charge on any atom is 0.241 e. The van der Waals surface area contributed by atoms with Gasteiger partial charge < -0.3 is 15.6 Å². The smallest absolute Gasteiger partial charge is 0.241 e. The second-order valence-corrected chi connectivity index (χ2v) is 6.30. The molecule has 0 unspecified atom stereocenters. The Morgan fingerprint density at radius 2 is 2.24 bits per heavy atom. The van der Waals surface area contributed by atoms with Gasteiger partial charge in [0.2, 0.25) is 5.91 Å². The van der Waals surface area contributed by atoms with Gasteiger partial charge in [-0.2, -0.15) is 0 Å². The number of fused-ring (bicyclic) bond motifs is 1. The first-order valence-electron chi connectivity index (χ1n) is 8.27. The molecule has 3 heterocycles. The molecular formula is C18H18FN5O. The molecule has 3 aromatic rings. The highest BCUT2D eigenvalue weighted by atomic mass is 19.1. The van der Waals surface area contributed by atoms with Crippen molar-refractivity contribution < 1.29 is 9.18 Å². The fraction of sp³-hybridized carbons (Fsp3) is 0.278. The molecule has 1 amide bonds. The fourth-order valence-corrected chi connectivity index (χ4v) is 3.05. The van der Waals surface area contributed by atoms with Gasteiger partial charge in [0.1, 0.15) is 11.6 Å². The molecule has 0 aliphatic carbocycles. The molecule has 0 bridgehead atoms. The summed E-state index contributed by atoms with van der Waals surface area (Å²) < 4.78 is 14.3. The summed E-state index contributed by atoms with van der Waals surface area (Å²) in [6.45, 7) is 2.78. The summed E-state index contributed by atoms with van der Waals surface area (Å²) in [7, 11) is 0. The van der Waals surface area contributed by atoms with Crippen LogP contribution in [0.3, 0.4) is 0 Å². The van der Waals surface area contributed by atoms with Crippen LogP contribution in [0, 0.1) is 12.7 Å². The highest BCUT2D eigenvalue weighted by Gasteiger charge is 2.22. The molecule has 128 valence electrons. The summed E-state index contributed by atoms with van der Waals surface area (Å²) in [4.78, 5) is 23.9. The van der Waals surface area contributed by atoms with Gasteiger partial charge in [0.25, 0.3) is 0 Å². The van der Waals surface area contributed by atoms with Crippen molar-refractivity contribution >= 4 is 22.8 Å². The van der Waals surface area contributed by atoms with Crippen LogP contribution in [-0.4, -0.2) is 33.4 Å². The summed E-state index contributed by atoms with van der Waals surface area (Å²) in [5, 5.41) is 5.98. The predicted molar refractivity (Wildman–Crippen MR) is 93.7 cm³/mol. The monoisotopic (exact) mass is 339 g/mol. The average molecular weight is 339 g/mol. The van der Waals surface area contributed by atoms with E-state index in [0.29, 0.717) is 22.7 Å². The quantitative estimate of drug-likeness (QED) is 0.685. The number of amides is 1. The largest absolute Gasteiger partial charge is 0.336 e. The minimum absolute atomic E-state index is 0.100. The predicted octanol–water partition coefficient (Wildman–Crippen LogP) is 2.76. The number of aromatic nitrogens is 3. The van der Waals surface area contributed by atoms with Gasteiger partial charge in [0.15, 0.2) is 5.65 Å². The fourth-order valence-electron chi connectivity index (χ4n) is 3.05. The van der Waals surface area contributed by atoms with Crippen molar-refractivity contribution in [2.75, 3.05) is 11.9 Å². The number of pyridine rings is 1. The van der Waals surface area contributed by atoms with Gasteiger partial charge in [-0.15, -0.1) is 0 Å². The van der Waals surface area contributed by atoms with E-state index in [1.54, 1.807) is 18.3 Å². The molecule has 1 saturated heterocycles. The van der Waals surface area contributed by atoms with Crippen LogP contribution >= 0.6 is 0 Å². The number of carbonyl (C=O) groups is 1. The average Bonchev–Trinajstić information content (AvgIpc) is 3.25. The lowest BCUT2D eigenvalue weighted by Crippen LogP contribution is -2.35. The molecule has 0 saturated carbocycles. The number of benzene rings is 1. The molecule has 1 aliphatic rings. The van der Waals surface area contributed by atoms with Crippen molar-refractivity contribution in [3.8, 4) is 11.4 Å². The van der Waals surface area contributed by atoms with E-state index in [9.17, 15) is 9.18 Å². The molecule has 3 N–H and O–H groups in total. The maximum atomic E-state index is 14.3. The Balaban J connectivity index is 1.65. The van der Waals surface area contributed by atoms with Gasteiger partial charge in [0.05, 0.1) is 17.1 Å². The van der Waals surface area contributed by atoms with E-state index in [0.717, 1.165) is 30.5 Å². The second-order valence-electron chi connectivity index (χ2n) is 6.30. The number of rotatable bonds is 3. The number of aryl methyl sites for hydroxylation is 1. The van der Waals surface area contributed by atoms with Crippen LogP contribution in [0.25, 0.3) is 22.6 Å². The van der Waals surface area contributed by atoms with Gasteiger partial charge in [-0.3, -0.25) is 4.79 Å². The third-order valence-electron chi connectivity index (χ3n) is 4.34. The van der Waals surface area contributed by atoms with E-state index >= 15 is 0 Å². The van der Waals surface area contributed by atoms with Crippen molar-refractivity contribution in [1.29, 1.82) is 0 Å². The van der Waals surface area contributed by atoms with Crippen molar-refractivity contribution in [3.63, 3.8) is 0 Å². The van der Waals surface area contributed by atoms with E-state index in [2.05, 4.69) is 25.6 Å². The third-order valence-corrected chi connectivity index (χ3v) is 4.34. The van der Waals surface area contributed by atoms with Crippen LogP contribution in [0.5, 0.6) is 0 Å². The van der Waals surface area contributed by atoms with Crippen molar-refractivity contribution in [3.05, 3.63) is 41.8 Å². The number of carbonyl (C=O) groups excluding carboxylic acids is 1. The molecule has 1 fully saturated rings. The molecule has 7 heteroatoms. The maximum absolute atomic E-state index is 14.3. The number of nitrogens with one attached hydrogen (secondary N) is 3. The lowest BCUT2D eigenvalue weighted by molar-refractivity contribution is -0.117. The van der Waals surface area contributed by atoms with Crippen molar-refractivity contribution in [1.82, 2.24) is 20.3 Å². The SMILES string of the molecule is Cc1cnc2nc(-c3cc(NC(=O)[C@@H]4CCCN4)ccc3F)[nH]c2c1. The molecule has 0 spiro atoms. The Morgan fingerprint density at radius 1 is 1.36 bits per heavy atom. The molecule has 2 aromatic heterocycles. The molecule has 1 aliphatic heterocycles. The Labute approximate surface area is 143 Å². The number of hydrogen-bond donors (Lipinski definition) is 3. The number of aromatic amines is 1. The van der Waals surface area contributed by atoms with Crippen LogP contribution in [-0.2, 0) is 4.79 Å². The summed E-state index contributed by atoms with van der Waals surface area (Å²) in [6, 6.07) is 6.20. The van der Waals surface area contributed by atoms with Crippen LogP contribution in [0.1, 0.15) is 18.4 Å². The standard InChI is InChI=1S/C18H18FN5O/c1-10-7-15-17(21-9-10)24-16(23-15)12-8-11(4-5-13(12)19)22-18(25)14-3-2-6-20-14/h4-5,7-9,14,20H,2-3,6H2,1H3,(H,22,25)(H,21,23,24)/t14-/m0/s1. The van der Waals surface area contributed by atoms with Gasteiger partial charge in [-0.05, 0) is 56.1 Å². The van der Waals surface area contributed by atoms with Gasteiger partial charge in [-0.25, -0.2) is 14.4 Å². The van der Waals surface area contributed by atoms with E-state index < -0.39 is 5.82 Å². The highest BCUT2D eigenvalue weighted by molar-refractivity contribution is 5.95. The second kappa shape index (κ2) is 6.25. The lowest BCUT2D eigenvalue weighted by Gasteiger charge is -2.12. The van der Waals surface area contributed by atoms with Crippen LogP contribution < -0.4 is 10.6 Å². The lowest BCUT2D eigenvalue weighted by atomic mass is 10.1. The van der Waals surface area contributed by atoms with Crippen molar-refractivity contribution in [2.24, 2.45) is 0 Å². The first-order valence-corrected chi connectivity index (χ1v) is 8.27. The Bertz CT molecular complexity index is 946. The number of halogens is 1. The van der Waals surface area contributed by atoms with Crippen LogP contribution in [0.4, 0.5) is 10.1 Å². The number of nitrogens with zero attached hydrogens (tertiary/aromatic N) is 2. The molecule has 0 radical (unpaired) electrons. The molecular weight excluding hydrogens is 321 g/mol. The van der Waals surface area contributed by atoms with Crippen LogP contribution in [0.15, 0.2) is 30.5 Å². The number of anilines is 1. The minimum Gasteiger partial charge on any atom is -0.336 e. The Kier molecular flexibility index (Phi) is 3.93. The van der Waals surface area contributed by atoms with Crippen LogP contribution in [0.2, 0.25) is 0 Å². The first kappa shape index (κ1) is 15.7. The molecule has 1 atom stereocenters. The zero-order chi connectivity index (χ0) is 17.4. The summed E-state index contributed by atoms with van der Waals surface area (Å²) >= 11 is 0. The van der Waals surface area contributed by atoms with Gasteiger partial charge in [0, 0.05) is 11.9 Å². The van der Waals surface area contributed by atoms with E-state index in [4.69, 9.17) is 0 Å². The first-order chi connectivity index (χ1) is 12.1. The van der Waals surface area contributed by atoms with E-state index in [1.165, 1.54) is 6.07 Å². The van der Waals surface area contributed by atoms with Gasteiger partial charge >= 0.3 is 0 Å². The Hall–Kier alpha value is -2.80. The third kappa shape index (κ3) is 3.10. The normalized spacial score (nSPS) is 17.1.